The third kappa shape index (κ3) is 2.36. The first kappa shape index (κ1) is 12.3. The smallest absolute Gasteiger partial charge is 0.257 e. The Hall–Kier alpha value is -2.75. The molecule has 0 saturated heterocycles. The average molecular weight is 263 g/mol. The minimum absolute atomic E-state index is 0.181. The number of hydrogen-bond acceptors (Lipinski definition) is 3. The molecule has 0 fully saturated rings. The van der Waals surface area contributed by atoms with Crippen molar-refractivity contribution in [3.8, 4) is 0 Å². The molecule has 98 valence electrons. The number of fused-ring (bicyclic) bond motifs is 1. The SMILES string of the molecule is Cc1ccc(NC(=O)c2cccc3nccnc23)cc1. The lowest BCUT2D eigenvalue weighted by molar-refractivity contribution is 0.102. The van der Waals surface area contributed by atoms with Crippen LogP contribution in [0.4, 0.5) is 5.69 Å². The van der Waals surface area contributed by atoms with Gasteiger partial charge in [-0.1, -0.05) is 23.8 Å². The first-order valence-corrected chi connectivity index (χ1v) is 6.32. The summed E-state index contributed by atoms with van der Waals surface area (Å²) in [5.41, 5.74) is 3.76. The molecular formula is C16H13N3O. The summed E-state index contributed by atoms with van der Waals surface area (Å²) in [4.78, 5) is 20.8. The van der Waals surface area contributed by atoms with Crippen molar-refractivity contribution in [2.45, 2.75) is 6.92 Å². The van der Waals surface area contributed by atoms with E-state index in [1.807, 2.05) is 37.3 Å². The summed E-state index contributed by atoms with van der Waals surface area (Å²) in [5, 5.41) is 2.87. The number of nitrogens with zero attached hydrogens (tertiary/aromatic N) is 2. The maximum absolute atomic E-state index is 12.3. The Morgan fingerprint density at radius 3 is 2.55 bits per heavy atom. The average Bonchev–Trinajstić information content (AvgIpc) is 2.49. The van der Waals surface area contributed by atoms with Gasteiger partial charge in [0.25, 0.3) is 5.91 Å². The number of hydrogen-bond donors (Lipinski definition) is 1. The molecule has 1 N–H and O–H groups in total. The Kier molecular flexibility index (Phi) is 3.13. The van der Waals surface area contributed by atoms with Crippen LogP contribution in [0, 0.1) is 6.92 Å². The van der Waals surface area contributed by atoms with Gasteiger partial charge in [0.15, 0.2) is 0 Å². The molecule has 0 aliphatic carbocycles. The van der Waals surface area contributed by atoms with Gasteiger partial charge in [0.05, 0.1) is 11.1 Å². The van der Waals surface area contributed by atoms with Gasteiger partial charge in [0.1, 0.15) is 5.52 Å². The van der Waals surface area contributed by atoms with Crippen molar-refractivity contribution >= 4 is 22.6 Å². The van der Waals surface area contributed by atoms with Crippen LogP contribution in [0.2, 0.25) is 0 Å². The second kappa shape index (κ2) is 5.09. The molecule has 3 rings (SSSR count). The first-order valence-electron chi connectivity index (χ1n) is 6.32. The largest absolute Gasteiger partial charge is 0.322 e. The molecule has 0 aliphatic rings. The molecule has 0 radical (unpaired) electrons. The molecule has 1 aromatic heterocycles. The van der Waals surface area contributed by atoms with E-state index in [0.717, 1.165) is 11.3 Å². The molecule has 0 aliphatic heterocycles. The van der Waals surface area contributed by atoms with Crippen LogP contribution in [0.5, 0.6) is 0 Å². The highest BCUT2D eigenvalue weighted by Crippen LogP contribution is 2.16. The van der Waals surface area contributed by atoms with Gasteiger partial charge < -0.3 is 5.32 Å². The minimum Gasteiger partial charge on any atom is -0.322 e. The number of aromatic nitrogens is 2. The molecule has 2 aromatic carbocycles. The molecule has 0 spiro atoms. The Labute approximate surface area is 116 Å². The van der Waals surface area contributed by atoms with Gasteiger partial charge in [-0.25, -0.2) is 0 Å². The number of aryl methyl sites for hydroxylation is 1. The van der Waals surface area contributed by atoms with Gasteiger partial charge in [0, 0.05) is 18.1 Å². The summed E-state index contributed by atoms with van der Waals surface area (Å²) in [6, 6.07) is 13.1. The molecule has 1 heterocycles. The van der Waals surface area contributed by atoms with Crippen molar-refractivity contribution in [3.05, 3.63) is 66.0 Å². The predicted octanol–water partition coefficient (Wildman–Crippen LogP) is 3.19. The zero-order valence-corrected chi connectivity index (χ0v) is 11.0. The lowest BCUT2D eigenvalue weighted by Gasteiger charge is -2.07. The Morgan fingerprint density at radius 1 is 1.00 bits per heavy atom. The fourth-order valence-electron chi connectivity index (χ4n) is 2.01. The number of rotatable bonds is 2. The fourth-order valence-corrected chi connectivity index (χ4v) is 2.01. The fraction of sp³-hybridized carbons (Fsp3) is 0.0625. The van der Waals surface area contributed by atoms with E-state index in [2.05, 4.69) is 15.3 Å². The summed E-state index contributed by atoms with van der Waals surface area (Å²) in [6.45, 7) is 2.01. The summed E-state index contributed by atoms with van der Waals surface area (Å²) >= 11 is 0. The number of carbonyl (C=O) groups is 1. The monoisotopic (exact) mass is 263 g/mol. The maximum Gasteiger partial charge on any atom is 0.257 e. The summed E-state index contributed by atoms with van der Waals surface area (Å²) in [7, 11) is 0. The molecule has 0 unspecified atom stereocenters. The second-order valence-electron chi connectivity index (χ2n) is 4.55. The van der Waals surface area contributed by atoms with Gasteiger partial charge in [-0.15, -0.1) is 0 Å². The lowest BCUT2D eigenvalue weighted by Crippen LogP contribution is -2.12. The van der Waals surface area contributed by atoms with Crippen LogP contribution >= 0.6 is 0 Å². The van der Waals surface area contributed by atoms with Crippen LogP contribution in [0.1, 0.15) is 15.9 Å². The lowest BCUT2D eigenvalue weighted by atomic mass is 10.1. The molecule has 0 atom stereocenters. The number of benzene rings is 2. The van der Waals surface area contributed by atoms with Crippen LogP contribution in [0.15, 0.2) is 54.9 Å². The summed E-state index contributed by atoms with van der Waals surface area (Å²) < 4.78 is 0. The number of nitrogens with one attached hydrogen (secondary N) is 1. The third-order valence-corrected chi connectivity index (χ3v) is 3.05. The maximum atomic E-state index is 12.3. The van der Waals surface area contributed by atoms with Crippen LogP contribution in [0.25, 0.3) is 11.0 Å². The van der Waals surface area contributed by atoms with Crippen molar-refractivity contribution in [3.63, 3.8) is 0 Å². The molecule has 0 bridgehead atoms. The zero-order chi connectivity index (χ0) is 13.9. The van der Waals surface area contributed by atoms with Crippen molar-refractivity contribution in [1.29, 1.82) is 0 Å². The van der Waals surface area contributed by atoms with Crippen molar-refractivity contribution < 1.29 is 4.79 Å². The summed E-state index contributed by atoms with van der Waals surface area (Å²) in [6.07, 6.45) is 3.20. The number of anilines is 1. The zero-order valence-electron chi connectivity index (χ0n) is 11.0. The van der Waals surface area contributed by atoms with Gasteiger partial charge >= 0.3 is 0 Å². The molecule has 4 heteroatoms. The first-order chi connectivity index (χ1) is 9.74. The quantitative estimate of drug-likeness (QED) is 0.772. The van der Waals surface area contributed by atoms with Gasteiger partial charge in [0.2, 0.25) is 0 Å². The van der Waals surface area contributed by atoms with Gasteiger partial charge in [-0.05, 0) is 31.2 Å². The van der Waals surface area contributed by atoms with Crippen molar-refractivity contribution in [2.24, 2.45) is 0 Å². The van der Waals surface area contributed by atoms with Crippen LogP contribution in [-0.4, -0.2) is 15.9 Å². The third-order valence-electron chi connectivity index (χ3n) is 3.05. The Balaban J connectivity index is 1.94. The topological polar surface area (TPSA) is 54.9 Å². The molecule has 4 nitrogen and oxygen atoms in total. The highest BCUT2D eigenvalue weighted by Gasteiger charge is 2.11. The van der Waals surface area contributed by atoms with E-state index in [0.29, 0.717) is 16.6 Å². The Bertz CT molecular complexity index is 761. The van der Waals surface area contributed by atoms with Gasteiger partial charge in [-0.2, -0.15) is 0 Å². The van der Waals surface area contributed by atoms with E-state index in [1.54, 1.807) is 24.5 Å². The van der Waals surface area contributed by atoms with Crippen LogP contribution in [-0.2, 0) is 0 Å². The van der Waals surface area contributed by atoms with E-state index in [1.165, 1.54) is 0 Å². The van der Waals surface area contributed by atoms with E-state index < -0.39 is 0 Å². The molecule has 3 aromatic rings. The normalized spacial score (nSPS) is 10.4. The van der Waals surface area contributed by atoms with Crippen LogP contribution < -0.4 is 5.32 Å². The minimum atomic E-state index is -0.181. The highest BCUT2D eigenvalue weighted by atomic mass is 16.1. The Morgan fingerprint density at radius 2 is 1.75 bits per heavy atom. The number of para-hydroxylation sites is 1. The number of carbonyl (C=O) groups excluding carboxylic acids is 1. The van der Waals surface area contributed by atoms with E-state index in [-0.39, 0.29) is 5.91 Å². The van der Waals surface area contributed by atoms with Crippen molar-refractivity contribution in [1.82, 2.24) is 9.97 Å². The highest BCUT2D eigenvalue weighted by molar-refractivity contribution is 6.11. The molecule has 1 amide bonds. The van der Waals surface area contributed by atoms with Gasteiger partial charge in [-0.3, -0.25) is 14.8 Å². The van der Waals surface area contributed by atoms with Crippen LogP contribution in [0.3, 0.4) is 0 Å². The predicted molar refractivity (Wildman–Crippen MR) is 78.7 cm³/mol. The molecule has 20 heavy (non-hydrogen) atoms. The van der Waals surface area contributed by atoms with Crippen molar-refractivity contribution in [2.75, 3.05) is 5.32 Å². The van der Waals surface area contributed by atoms with E-state index in [9.17, 15) is 4.79 Å². The standard InChI is InChI=1S/C16H13N3O/c1-11-5-7-12(8-6-11)19-16(20)13-3-2-4-14-15(13)18-10-9-17-14/h2-10H,1H3,(H,19,20). The molecular weight excluding hydrogens is 250 g/mol. The van der Waals surface area contributed by atoms with E-state index in [4.69, 9.17) is 0 Å². The molecule has 0 saturated carbocycles. The number of amides is 1. The second-order valence-corrected chi connectivity index (χ2v) is 4.55. The summed E-state index contributed by atoms with van der Waals surface area (Å²) in [5.74, 6) is -0.181. The van der Waals surface area contributed by atoms with E-state index >= 15 is 0 Å².